The number of nitrogens with one attached hydrogen (secondary N) is 1. The smallest absolute Gasteiger partial charge is 0.278 e. The highest BCUT2D eigenvalue weighted by atomic mass is 32.2. The van der Waals surface area contributed by atoms with Gasteiger partial charge in [0.2, 0.25) is 15.9 Å². The van der Waals surface area contributed by atoms with E-state index in [2.05, 4.69) is 25.3 Å². The highest BCUT2D eigenvalue weighted by Crippen LogP contribution is 2.27. The number of carbonyl (C=O) groups is 1. The molecule has 13 nitrogen and oxygen atoms in total. The van der Waals surface area contributed by atoms with Crippen LogP contribution in [0.25, 0.3) is 10.3 Å². The van der Waals surface area contributed by atoms with Crippen LogP contribution in [0, 0.1) is 0 Å². The van der Waals surface area contributed by atoms with Gasteiger partial charge >= 0.3 is 0 Å². The maximum Gasteiger partial charge on any atom is 0.278 e. The number of methoxy groups -OCH3 is 1. The molecular weight excluding hydrogens is 582 g/mol. The van der Waals surface area contributed by atoms with Crippen LogP contribution >= 0.6 is 11.3 Å². The highest BCUT2D eigenvalue weighted by Gasteiger charge is 2.23. The summed E-state index contributed by atoms with van der Waals surface area (Å²) >= 11 is 1.23. The molecule has 0 saturated carbocycles. The number of carbonyl (C=O) groups excluding carboxylic acids is 1. The van der Waals surface area contributed by atoms with Crippen molar-refractivity contribution in [1.82, 2.24) is 24.2 Å². The first-order valence-corrected chi connectivity index (χ1v) is 15.8. The molecule has 3 aromatic rings. The minimum atomic E-state index is -3.72. The van der Waals surface area contributed by atoms with Gasteiger partial charge in [-0.2, -0.15) is 9.41 Å². The number of morpholine rings is 1. The quantitative estimate of drug-likeness (QED) is 0.211. The number of hydrogen-bond acceptors (Lipinski definition) is 12. The standard InChI is InChI=1S/C27H37N7O6S2/c1-32(2)12-5-16-40-23-11-10-22-26(29-23)41-27(28-22)30-25(35)24(31-34-14-18-39-19-15-34)20-6-8-21(9-7-20)42(36,37)33(3)13-17-38-4/h6-11H,5,12-19H2,1-4H3,(H,28,30,35)/b31-24-. The molecule has 0 spiro atoms. The van der Waals surface area contributed by atoms with Gasteiger partial charge in [-0.05, 0) is 38.7 Å². The lowest BCUT2D eigenvalue weighted by Gasteiger charge is -2.25. The summed E-state index contributed by atoms with van der Waals surface area (Å²) in [7, 11) is 3.31. The van der Waals surface area contributed by atoms with E-state index in [1.54, 1.807) is 29.3 Å². The van der Waals surface area contributed by atoms with Gasteiger partial charge in [-0.1, -0.05) is 23.5 Å². The fraction of sp³-hybridized carbons (Fsp3) is 0.481. The third kappa shape index (κ3) is 8.42. The number of thiazole rings is 1. The van der Waals surface area contributed by atoms with Gasteiger partial charge in [0.25, 0.3) is 5.91 Å². The van der Waals surface area contributed by atoms with Crippen LogP contribution in [0.1, 0.15) is 12.0 Å². The molecule has 1 aromatic carbocycles. The molecule has 15 heteroatoms. The minimum absolute atomic E-state index is 0.105. The minimum Gasteiger partial charge on any atom is -0.478 e. The van der Waals surface area contributed by atoms with Crippen molar-refractivity contribution in [2.45, 2.75) is 11.3 Å². The summed E-state index contributed by atoms with van der Waals surface area (Å²) in [5.41, 5.74) is 1.23. The van der Waals surface area contributed by atoms with Crippen LogP contribution in [0.2, 0.25) is 0 Å². The van der Waals surface area contributed by atoms with Crippen molar-refractivity contribution in [2.24, 2.45) is 5.10 Å². The predicted molar refractivity (Wildman–Crippen MR) is 162 cm³/mol. The number of amides is 1. The zero-order valence-corrected chi connectivity index (χ0v) is 25.9. The molecule has 1 aliphatic rings. The Balaban J connectivity index is 1.53. The molecule has 0 unspecified atom stereocenters. The molecule has 0 atom stereocenters. The van der Waals surface area contributed by atoms with E-state index in [1.807, 2.05) is 14.1 Å². The number of likely N-dealkylation sites (N-methyl/N-ethyl adjacent to an activating group) is 1. The van der Waals surface area contributed by atoms with Gasteiger partial charge in [0.15, 0.2) is 10.8 Å². The number of hydrogen-bond donors (Lipinski definition) is 1. The van der Waals surface area contributed by atoms with Gasteiger partial charge in [0.05, 0.1) is 44.4 Å². The van der Waals surface area contributed by atoms with Crippen molar-refractivity contribution in [2.75, 3.05) is 86.2 Å². The lowest BCUT2D eigenvalue weighted by Crippen LogP contribution is -2.35. The molecule has 42 heavy (non-hydrogen) atoms. The molecule has 228 valence electrons. The van der Waals surface area contributed by atoms with E-state index < -0.39 is 15.9 Å². The van der Waals surface area contributed by atoms with Crippen LogP contribution < -0.4 is 10.1 Å². The second-order valence-corrected chi connectivity index (χ2v) is 12.8. The first kappa shape index (κ1) is 31.7. The molecule has 0 radical (unpaired) electrons. The average molecular weight is 620 g/mol. The van der Waals surface area contributed by atoms with Gasteiger partial charge < -0.3 is 19.1 Å². The first-order valence-electron chi connectivity index (χ1n) is 13.5. The van der Waals surface area contributed by atoms with Crippen LogP contribution in [0.5, 0.6) is 5.88 Å². The molecule has 1 aliphatic heterocycles. The van der Waals surface area contributed by atoms with Crippen LogP contribution in [-0.2, 0) is 24.3 Å². The van der Waals surface area contributed by atoms with Gasteiger partial charge in [-0.25, -0.2) is 18.4 Å². The number of fused-ring (bicyclic) bond motifs is 1. The van der Waals surface area contributed by atoms with E-state index in [9.17, 15) is 13.2 Å². The van der Waals surface area contributed by atoms with Crippen molar-refractivity contribution in [3.8, 4) is 5.88 Å². The summed E-state index contributed by atoms with van der Waals surface area (Å²) in [6.45, 7) is 3.98. The number of anilines is 1. The molecule has 0 bridgehead atoms. The number of benzene rings is 1. The van der Waals surface area contributed by atoms with Gasteiger partial charge in [0, 0.05) is 38.9 Å². The van der Waals surface area contributed by atoms with E-state index in [1.165, 1.54) is 41.9 Å². The highest BCUT2D eigenvalue weighted by molar-refractivity contribution is 7.89. The van der Waals surface area contributed by atoms with Crippen LogP contribution in [-0.4, -0.2) is 125 Å². The molecule has 0 aliphatic carbocycles. The summed E-state index contributed by atoms with van der Waals surface area (Å²) in [5.74, 6) is 0.0220. The van der Waals surface area contributed by atoms with Crippen molar-refractivity contribution in [3.63, 3.8) is 0 Å². The molecule has 4 rings (SSSR count). The number of rotatable bonds is 14. The zero-order valence-electron chi connectivity index (χ0n) is 24.3. The molecule has 1 saturated heterocycles. The molecule has 3 heterocycles. The molecule has 2 aromatic heterocycles. The summed E-state index contributed by atoms with van der Waals surface area (Å²) < 4.78 is 43.3. The Morgan fingerprint density at radius 2 is 1.81 bits per heavy atom. The van der Waals surface area contributed by atoms with Gasteiger partial charge in [-0.3, -0.25) is 15.1 Å². The Kier molecular flexibility index (Phi) is 11.2. The topological polar surface area (TPSA) is 139 Å². The monoisotopic (exact) mass is 619 g/mol. The number of hydrazone groups is 1. The van der Waals surface area contributed by atoms with E-state index >= 15 is 0 Å². The van der Waals surface area contributed by atoms with Gasteiger partial charge in [0.1, 0.15) is 10.3 Å². The summed E-state index contributed by atoms with van der Waals surface area (Å²) in [6.07, 6.45) is 0.874. The fourth-order valence-electron chi connectivity index (χ4n) is 3.98. The van der Waals surface area contributed by atoms with E-state index in [4.69, 9.17) is 14.2 Å². The second kappa shape index (κ2) is 14.8. The van der Waals surface area contributed by atoms with Crippen LogP contribution in [0.4, 0.5) is 5.13 Å². The number of pyridine rings is 1. The van der Waals surface area contributed by atoms with Crippen molar-refractivity contribution in [3.05, 3.63) is 42.0 Å². The predicted octanol–water partition coefficient (Wildman–Crippen LogP) is 1.96. The van der Waals surface area contributed by atoms with E-state index in [0.717, 1.165) is 13.0 Å². The number of nitrogens with zero attached hydrogens (tertiary/aromatic N) is 6. The third-order valence-electron chi connectivity index (χ3n) is 6.34. The molecular formula is C27H37N7O6S2. The first-order chi connectivity index (χ1) is 20.2. The Bertz CT molecular complexity index is 1470. The third-order valence-corrected chi connectivity index (χ3v) is 9.09. The zero-order chi connectivity index (χ0) is 30.1. The maximum atomic E-state index is 13.5. The van der Waals surface area contributed by atoms with E-state index in [0.29, 0.717) is 59.8 Å². The van der Waals surface area contributed by atoms with Crippen molar-refractivity contribution < 1.29 is 27.4 Å². The maximum absolute atomic E-state index is 13.5. The fourth-order valence-corrected chi connectivity index (χ4v) is 5.96. The molecule has 1 fully saturated rings. The Morgan fingerprint density at radius 3 is 2.50 bits per heavy atom. The second-order valence-electron chi connectivity index (χ2n) is 9.81. The SMILES string of the molecule is COCCN(C)S(=O)(=O)c1ccc(/C(=N/N2CCOCC2)C(=O)Nc2nc3ccc(OCCCN(C)C)nc3s2)cc1. The summed E-state index contributed by atoms with van der Waals surface area (Å²) in [5, 5.41) is 9.58. The lowest BCUT2D eigenvalue weighted by molar-refractivity contribution is -0.110. The summed E-state index contributed by atoms with van der Waals surface area (Å²) in [4.78, 5) is 25.4. The largest absolute Gasteiger partial charge is 0.478 e. The lowest BCUT2D eigenvalue weighted by atomic mass is 10.1. The molecule has 1 amide bonds. The molecule has 1 N–H and O–H groups in total. The number of aromatic nitrogens is 2. The van der Waals surface area contributed by atoms with Crippen LogP contribution in [0.3, 0.4) is 0 Å². The van der Waals surface area contributed by atoms with E-state index in [-0.39, 0.29) is 23.8 Å². The van der Waals surface area contributed by atoms with Crippen molar-refractivity contribution >= 4 is 48.5 Å². The van der Waals surface area contributed by atoms with Crippen molar-refractivity contribution in [1.29, 1.82) is 0 Å². The Hall–Kier alpha value is -3.21. The number of sulfonamides is 1. The van der Waals surface area contributed by atoms with Crippen LogP contribution in [0.15, 0.2) is 46.4 Å². The Labute approximate surface area is 250 Å². The van der Waals surface area contributed by atoms with Gasteiger partial charge in [-0.15, -0.1) is 0 Å². The average Bonchev–Trinajstić information content (AvgIpc) is 3.38. The number of ether oxygens (including phenoxy) is 3. The summed E-state index contributed by atoms with van der Waals surface area (Å²) in [6, 6.07) is 9.67. The normalized spacial score (nSPS) is 14.6. The Morgan fingerprint density at radius 1 is 1.07 bits per heavy atom.